The van der Waals surface area contributed by atoms with Crippen molar-refractivity contribution in [3.8, 4) is 11.5 Å². The van der Waals surface area contributed by atoms with Gasteiger partial charge in [-0.2, -0.15) is 0 Å². The molecule has 0 aromatic heterocycles. The molecule has 2 aromatic carbocycles. The molecule has 0 fully saturated rings. The molecule has 0 bridgehead atoms. The average molecular weight is 368 g/mol. The number of anilines is 1. The van der Waals surface area contributed by atoms with Gasteiger partial charge in [0.25, 0.3) is 0 Å². The molecule has 0 aliphatic carbocycles. The summed E-state index contributed by atoms with van der Waals surface area (Å²) in [6.07, 6.45) is -0.783. The number of aliphatic hydroxyl groups is 2. The third-order valence-electron chi connectivity index (χ3n) is 3.19. The maximum Gasteiger partial charge on any atom is 0.184 e. The Balaban J connectivity index is 2.12. The first-order valence-electron chi connectivity index (χ1n) is 6.68. The SMILES string of the molecule is COc1cc(CO)cc(N)c1OCC(O)c1ccc(Br)cc1. The van der Waals surface area contributed by atoms with Crippen LogP contribution in [0.4, 0.5) is 5.69 Å². The minimum absolute atomic E-state index is 0.0423. The average Bonchev–Trinajstić information content (AvgIpc) is 2.53. The fourth-order valence-corrected chi connectivity index (χ4v) is 2.29. The molecule has 118 valence electrons. The number of methoxy groups -OCH3 is 1. The fourth-order valence-electron chi connectivity index (χ4n) is 2.02. The maximum atomic E-state index is 10.2. The second-order valence-corrected chi connectivity index (χ2v) is 5.67. The third kappa shape index (κ3) is 3.91. The van der Waals surface area contributed by atoms with Gasteiger partial charge >= 0.3 is 0 Å². The Bertz CT molecular complexity index is 631. The molecule has 2 rings (SSSR count). The molecular weight excluding hydrogens is 350 g/mol. The quantitative estimate of drug-likeness (QED) is 0.683. The van der Waals surface area contributed by atoms with Gasteiger partial charge in [-0.3, -0.25) is 0 Å². The van der Waals surface area contributed by atoms with Crippen molar-refractivity contribution in [1.29, 1.82) is 0 Å². The Morgan fingerprint density at radius 2 is 1.91 bits per heavy atom. The molecule has 0 saturated heterocycles. The number of halogens is 1. The van der Waals surface area contributed by atoms with Crippen LogP contribution in [0.5, 0.6) is 11.5 Å². The largest absolute Gasteiger partial charge is 0.493 e. The van der Waals surface area contributed by atoms with E-state index in [-0.39, 0.29) is 13.2 Å². The van der Waals surface area contributed by atoms with Crippen LogP contribution in [0.1, 0.15) is 17.2 Å². The lowest BCUT2D eigenvalue weighted by Gasteiger charge is -2.17. The number of nitrogens with two attached hydrogens (primary N) is 1. The summed E-state index contributed by atoms with van der Waals surface area (Å²) >= 11 is 3.35. The molecule has 0 saturated carbocycles. The van der Waals surface area contributed by atoms with Crippen LogP contribution >= 0.6 is 15.9 Å². The zero-order valence-electron chi connectivity index (χ0n) is 12.1. The minimum atomic E-state index is -0.783. The van der Waals surface area contributed by atoms with Crippen molar-refractivity contribution in [2.45, 2.75) is 12.7 Å². The van der Waals surface area contributed by atoms with Crippen molar-refractivity contribution in [2.75, 3.05) is 19.5 Å². The summed E-state index contributed by atoms with van der Waals surface area (Å²) in [7, 11) is 1.49. The van der Waals surface area contributed by atoms with Gasteiger partial charge in [-0.05, 0) is 35.4 Å². The van der Waals surface area contributed by atoms with Crippen molar-refractivity contribution < 1.29 is 19.7 Å². The van der Waals surface area contributed by atoms with Gasteiger partial charge in [0.2, 0.25) is 0 Å². The van der Waals surface area contributed by atoms with Crippen molar-refractivity contribution in [3.63, 3.8) is 0 Å². The number of aliphatic hydroxyl groups excluding tert-OH is 2. The molecule has 0 aliphatic heterocycles. The van der Waals surface area contributed by atoms with E-state index in [9.17, 15) is 5.11 Å². The summed E-state index contributed by atoms with van der Waals surface area (Å²) in [5, 5.41) is 19.3. The van der Waals surface area contributed by atoms with Gasteiger partial charge in [0, 0.05) is 4.47 Å². The van der Waals surface area contributed by atoms with Crippen molar-refractivity contribution >= 4 is 21.6 Å². The van der Waals surface area contributed by atoms with Crippen LogP contribution in [-0.2, 0) is 6.61 Å². The van der Waals surface area contributed by atoms with Crippen LogP contribution in [0.15, 0.2) is 40.9 Å². The third-order valence-corrected chi connectivity index (χ3v) is 3.71. The molecule has 0 amide bonds. The smallest absolute Gasteiger partial charge is 0.184 e. The first kappa shape index (κ1) is 16.6. The lowest BCUT2D eigenvalue weighted by molar-refractivity contribution is 0.107. The van der Waals surface area contributed by atoms with E-state index in [4.69, 9.17) is 20.3 Å². The van der Waals surface area contributed by atoms with E-state index in [2.05, 4.69) is 15.9 Å². The van der Waals surface area contributed by atoms with Gasteiger partial charge in [-0.25, -0.2) is 0 Å². The molecule has 0 radical (unpaired) electrons. The van der Waals surface area contributed by atoms with Crippen molar-refractivity contribution in [3.05, 3.63) is 52.0 Å². The van der Waals surface area contributed by atoms with Gasteiger partial charge in [0.15, 0.2) is 11.5 Å². The number of ether oxygens (including phenoxy) is 2. The van der Waals surface area contributed by atoms with E-state index >= 15 is 0 Å². The molecule has 1 unspecified atom stereocenters. The minimum Gasteiger partial charge on any atom is -0.493 e. The van der Waals surface area contributed by atoms with Gasteiger partial charge in [0.05, 0.1) is 19.4 Å². The molecule has 22 heavy (non-hydrogen) atoms. The van der Waals surface area contributed by atoms with Crippen molar-refractivity contribution in [2.24, 2.45) is 0 Å². The topological polar surface area (TPSA) is 84.9 Å². The molecule has 2 aromatic rings. The van der Waals surface area contributed by atoms with Crippen LogP contribution in [0.2, 0.25) is 0 Å². The standard InChI is InChI=1S/C16H18BrNO4/c1-21-15-7-10(8-19)6-13(18)16(15)22-9-14(20)11-2-4-12(17)5-3-11/h2-7,14,19-20H,8-9,18H2,1H3. The molecular formula is C16H18BrNO4. The molecule has 6 heteroatoms. The second-order valence-electron chi connectivity index (χ2n) is 4.75. The summed E-state index contributed by atoms with van der Waals surface area (Å²) in [6, 6.07) is 10.6. The number of benzene rings is 2. The zero-order valence-corrected chi connectivity index (χ0v) is 13.7. The molecule has 0 spiro atoms. The fraction of sp³-hybridized carbons (Fsp3) is 0.250. The van der Waals surface area contributed by atoms with Crippen LogP contribution in [0, 0.1) is 0 Å². The van der Waals surface area contributed by atoms with Crippen molar-refractivity contribution in [1.82, 2.24) is 0 Å². The lowest BCUT2D eigenvalue weighted by Crippen LogP contribution is -2.11. The summed E-state index contributed by atoms with van der Waals surface area (Å²) in [6.45, 7) is -0.0942. The summed E-state index contributed by atoms with van der Waals surface area (Å²) < 4.78 is 11.8. The second kappa shape index (κ2) is 7.49. The number of hydrogen-bond donors (Lipinski definition) is 3. The van der Waals surface area contributed by atoms with E-state index in [1.807, 2.05) is 24.3 Å². The van der Waals surface area contributed by atoms with Gasteiger partial charge in [0.1, 0.15) is 12.7 Å². The molecule has 1 atom stereocenters. The summed E-state index contributed by atoms with van der Waals surface area (Å²) in [5.74, 6) is 0.780. The normalized spacial score (nSPS) is 12.0. The van der Waals surface area contributed by atoms with E-state index in [0.29, 0.717) is 22.7 Å². The highest BCUT2D eigenvalue weighted by molar-refractivity contribution is 9.10. The van der Waals surface area contributed by atoms with E-state index in [1.54, 1.807) is 12.1 Å². The number of rotatable bonds is 6. The number of hydrogen-bond acceptors (Lipinski definition) is 5. The molecule has 4 N–H and O–H groups in total. The highest BCUT2D eigenvalue weighted by Gasteiger charge is 2.14. The Morgan fingerprint density at radius 1 is 1.23 bits per heavy atom. The highest BCUT2D eigenvalue weighted by atomic mass is 79.9. The maximum absolute atomic E-state index is 10.2. The monoisotopic (exact) mass is 367 g/mol. The summed E-state index contributed by atoms with van der Waals surface area (Å²) in [5.41, 5.74) is 7.64. The molecule has 0 aliphatic rings. The Morgan fingerprint density at radius 3 is 2.50 bits per heavy atom. The summed E-state index contributed by atoms with van der Waals surface area (Å²) in [4.78, 5) is 0. The Hall–Kier alpha value is -1.76. The van der Waals surface area contributed by atoms with Crippen LogP contribution in [0.3, 0.4) is 0 Å². The van der Waals surface area contributed by atoms with Crippen LogP contribution < -0.4 is 15.2 Å². The molecule has 0 heterocycles. The first-order chi connectivity index (χ1) is 10.5. The highest BCUT2D eigenvalue weighted by Crippen LogP contribution is 2.35. The van der Waals surface area contributed by atoms with E-state index in [0.717, 1.165) is 10.0 Å². The Kier molecular flexibility index (Phi) is 5.65. The number of nitrogen functional groups attached to an aromatic ring is 1. The van der Waals surface area contributed by atoms with Gasteiger partial charge in [-0.1, -0.05) is 28.1 Å². The van der Waals surface area contributed by atoms with E-state index in [1.165, 1.54) is 7.11 Å². The Labute approximate surface area is 137 Å². The predicted molar refractivity (Wildman–Crippen MR) is 87.9 cm³/mol. The van der Waals surface area contributed by atoms with Crippen LogP contribution in [0.25, 0.3) is 0 Å². The lowest BCUT2D eigenvalue weighted by atomic mass is 10.1. The van der Waals surface area contributed by atoms with Crippen LogP contribution in [-0.4, -0.2) is 23.9 Å². The van der Waals surface area contributed by atoms with Gasteiger partial charge < -0.3 is 25.4 Å². The predicted octanol–water partition coefficient (Wildman–Crippen LogP) is 2.64. The molecule has 5 nitrogen and oxygen atoms in total. The van der Waals surface area contributed by atoms with Gasteiger partial charge in [-0.15, -0.1) is 0 Å². The van der Waals surface area contributed by atoms with E-state index < -0.39 is 6.10 Å². The zero-order chi connectivity index (χ0) is 16.1. The first-order valence-corrected chi connectivity index (χ1v) is 7.48.